The molecule has 5 nitrogen and oxygen atoms in total. The van der Waals surface area contributed by atoms with Crippen molar-refractivity contribution in [3.05, 3.63) is 52.8 Å². The standard InChI is InChI=1S/C21H28F3N5/c1-14-17(11-26-28(14)2)13-29-8-6-15(7-9-29)20-19(12-25-27-20)16-4-3-5-18(10-16)21(22,23)24/h3-5,10-11,15,19-20,25,27H,6-9,12-13H2,1-2H3. The normalized spacial score (nSPS) is 24.3. The third-order valence-electron chi connectivity index (χ3n) is 6.54. The first kappa shape index (κ1) is 20.4. The summed E-state index contributed by atoms with van der Waals surface area (Å²) in [7, 11) is 1.96. The Morgan fingerprint density at radius 1 is 1.21 bits per heavy atom. The van der Waals surface area contributed by atoms with E-state index in [4.69, 9.17) is 0 Å². The van der Waals surface area contributed by atoms with E-state index in [0.717, 1.165) is 44.1 Å². The second-order valence-electron chi connectivity index (χ2n) is 8.27. The molecule has 0 saturated carbocycles. The first-order valence-electron chi connectivity index (χ1n) is 10.2. The number of nitrogens with zero attached hydrogens (tertiary/aromatic N) is 3. The van der Waals surface area contributed by atoms with Crippen molar-refractivity contribution in [2.75, 3.05) is 19.6 Å². The van der Waals surface area contributed by atoms with Crippen LogP contribution in [-0.4, -0.2) is 40.4 Å². The van der Waals surface area contributed by atoms with E-state index < -0.39 is 11.7 Å². The minimum Gasteiger partial charge on any atom is -0.299 e. The van der Waals surface area contributed by atoms with E-state index in [1.165, 1.54) is 23.4 Å². The lowest BCUT2D eigenvalue weighted by Crippen LogP contribution is -2.44. The lowest BCUT2D eigenvalue weighted by Gasteiger charge is -2.36. The van der Waals surface area contributed by atoms with E-state index in [1.807, 2.05) is 24.0 Å². The summed E-state index contributed by atoms with van der Waals surface area (Å²) in [6.45, 7) is 5.63. The number of nitrogens with one attached hydrogen (secondary N) is 2. The van der Waals surface area contributed by atoms with Crippen LogP contribution in [0.3, 0.4) is 0 Å². The van der Waals surface area contributed by atoms with Crippen molar-refractivity contribution < 1.29 is 13.2 Å². The Hall–Kier alpha value is -1.90. The van der Waals surface area contributed by atoms with Crippen LogP contribution < -0.4 is 10.9 Å². The predicted molar refractivity (Wildman–Crippen MR) is 105 cm³/mol. The van der Waals surface area contributed by atoms with Gasteiger partial charge in [0.1, 0.15) is 0 Å². The first-order valence-corrected chi connectivity index (χ1v) is 10.2. The van der Waals surface area contributed by atoms with Crippen molar-refractivity contribution in [1.82, 2.24) is 25.5 Å². The molecule has 2 aliphatic rings. The summed E-state index contributed by atoms with van der Waals surface area (Å²) in [5, 5.41) is 4.32. The van der Waals surface area contributed by atoms with Crippen molar-refractivity contribution >= 4 is 0 Å². The van der Waals surface area contributed by atoms with Crippen LogP contribution in [0, 0.1) is 12.8 Å². The van der Waals surface area contributed by atoms with Crippen molar-refractivity contribution in [2.24, 2.45) is 13.0 Å². The first-order chi connectivity index (χ1) is 13.8. The highest BCUT2D eigenvalue weighted by molar-refractivity contribution is 5.30. The molecule has 1 aromatic heterocycles. The number of halogens is 3. The SMILES string of the molecule is Cc1c(CN2CCC(C3NNCC3c3cccc(C(F)(F)F)c3)CC2)cnn1C. The second-order valence-corrected chi connectivity index (χ2v) is 8.27. The van der Waals surface area contributed by atoms with E-state index in [1.54, 1.807) is 0 Å². The number of piperidine rings is 1. The summed E-state index contributed by atoms with van der Waals surface area (Å²) < 4.78 is 41.2. The Balaban J connectivity index is 1.40. The van der Waals surface area contributed by atoms with Gasteiger partial charge in [0.05, 0.1) is 11.8 Å². The van der Waals surface area contributed by atoms with E-state index in [0.29, 0.717) is 12.5 Å². The maximum Gasteiger partial charge on any atom is 0.416 e. The fraction of sp³-hybridized carbons (Fsp3) is 0.571. The molecule has 29 heavy (non-hydrogen) atoms. The summed E-state index contributed by atoms with van der Waals surface area (Å²) in [5.74, 6) is 0.491. The molecule has 2 N–H and O–H groups in total. The minimum atomic E-state index is -4.30. The molecule has 8 heteroatoms. The zero-order valence-electron chi connectivity index (χ0n) is 16.8. The molecule has 2 aromatic rings. The van der Waals surface area contributed by atoms with Crippen molar-refractivity contribution in [2.45, 2.75) is 44.4 Å². The second kappa shape index (κ2) is 8.08. The monoisotopic (exact) mass is 407 g/mol. The number of hydrazine groups is 1. The molecular weight excluding hydrogens is 379 g/mol. The topological polar surface area (TPSA) is 45.1 Å². The van der Waals surface area contributed by atoms with Crippen LogP contribution in [0.15, 0.2) is 30.5 Å². The molecule has 4 rings (SSSR count). The molecular formula is C21H28F3N5. The van der Waals surface area contributed by atoms with Gasteiger partial charge in [-0.15, -0.1) is 0 Å². The number of likely N-dealkylation sites (tertiary alicyclic amines) is 1. The molecule has 2 atom stereocenters. The molecule has 0 radical (unpaired) electrons. The zero-order chi connectivity index (χ0) is 20.6. The highest BCUT2D eigenvalue weighted by Crippen LogP contribution is 2.36. The zero-order valence-corrected chi connectivity index (χ0v) is 16.8. The molecule has 0 spiro atoms. The van der Waals surface area contributed by atoms with Gasteiger partial charge in [-0.25, -0.2) is 0 Å². The van der Waals surface area contributed by atoms with Crippen LogP contribution in [0.1, 0.15) is 41.1 Å². The molecule has 0 bridgehead atoms. The van der Waals surface area contributed by atoms with Gasteiger partial charge in [-0.1, -0.05) is 18.2 Å². The van der Waals surface area contributed by atoms with Crippen LogP contribution in [0.2, 0.25) is 0 Å². The molecule has 1 aromatic carbocycles. The predicted octanol–water partition coefficient (Wildman–Crippen LogP) is 3.22. The third kappa shape index (κ3) is 4.34. The van der Waals surface area contributed by atoms with E-state index >= 15 is 0 Å². The number of rotatable bonds is 4. The molecule has 2 saturated heterocycles. The van der Waals surface area contributed by atoms with Gasteiger partial charge in [-0.3, -0.25) is 20.4 Å². The number of aryl methyl sites for hydroxylation is 1. The Labute approximate surface area is 169 Å². The van der Waals surface area contributed by atoms with Crippen LogP contribution in [0.5, 0.6) is 0 Å². The molecule has 2 unspecified atom stereocenters. The maximum atomic E-state index is 13.1. The number of benzene rings is 1. The summed E-state index contributed by atoms with van der Waals surface area (Å²) in [6.07, 6.45) is -0.295. The van der Waals surface area contributed by atoms with Gasteiger partial charge in [0.15, 0.2) is 0 Å². The van der Waals surface area contributed by atoms with Gasteiger partial charge < -0.3 is 0 Å². The summed E-state index contributed by atoms with van der Waals surface area (Å²) >= 11 is 0. The molecule has 2 fully saturated rings. The molecule has 158 valence electrons. The van der Waals surface area contributed by atoms with Gasteiger partial charge >= 0.3 is 6.18 Å². The van der Waals surface area contributed by atoms with Crippen molar-refractivity contribution in [1.29, 1.82) is 0 Å². The molecule has 2 aliphatic heterocycles. The number of hydrogen-bond donors (Lipinski definition) is 2. The Morgan fingerprint density at radius 2 is 1.97 bits per heavy atom. The van der Waals surface area contributed by atoms with E-state index in [9.17, 15) is 13.2 Å². The fourth-order valence-electron chi connectivity index (χ4n) is 4.64. The summed E-state index contributed by atoms with van der Waals surface area (Å²) in [5.41, 5.74) is 9.17. The Kier molecular flexibility index (Phi) is 5.68. The third-order valence-corrected chi connectivity index (χ3v) is 6.54. The number of alkyl halides is 3. The lowest BCUT2D eigenvalue weighted by molar-refractivity contribution is -0.137. The maximum absolute atomic E-state index is 13.1. The highest BCUT2D eigenvalue weighted by atomic mass is 19.4. The molecule has 0 amide bonds. The Bertz CT molecular complexity index is 839. The number of aromatic nitrogens is 2. The van der Waals surface area contributed by atoms with Crippen LogP contribution in [0.25, 0.3) is 0 Å². The largest absolute Gasteiger partial charge is 0.416 e. The number of hydrogen-bond acceptors (Lipinski definition) is 4. The fourth-order valence-corrected chi connectivity index (χ4v) is 4.64. The van der Waals surface area contributed by atoms with Gasteiger partial charge in [0, 0.05) is 43.4 Å². The van der Waals surface area contributed by atoms with Crippen LogP contribution in [-0.2, 0) is 19.8 Å². The smallest absolute Gasteiger partial charge is 0.299 e. The summed E-state index contributed by atoms with van der Waals surface area (Å²) in [6, 6.07) is 5.95. The Morgan fingerprint density at radius 3 is 2.62 bits per heavy atom. The lowest BCUT2D eigenvalue weighted by atomic mass is 9.80. The highest BCUT2D eigenvalue weighted by Gasteiger charge is 2.37. The van der Waals surface area contributed by atoms with Gasteiger partial charge in [0.25, 0.3) is 0 Å². The van der Waals surface area contributed by atoms with Gasteiger partial charge in [-0.2, -0.15) is 18.3 Å². The van der Waals surface area contributed by atoms with E-state index in [-0.39, 0.29) is 12.0 Å². The van der Waals surface area contributed by atoms with Crippen molar-refractivity contribution in [3.63, 3.8) is 0 Å². The average molecular weight is 407 g/mol. The van der Waals surface area contributed by atoms with Crippen molar-refractivity contribution in [3.8, 4) is 0 Å². The molecule has 3 heterocycles. The molecule has 0 aliphatic carbocycles. The van der Waals surface area contributed by atoms with Gasteiger partial charge in [0.2, 0.25) is 0 Å². The van der Waals surface area contributed by atoms with Crippen LogP contribution >= 0.6 is 0 Å². The quantitative estimate of drug-likeness (QED) is 0.817. The minimum absolute atomic E-state index is 0.0504. The van der Waals surface area contributed by atoms with E-state index in [2.05, 4.69) is 27.8 Å². The van der Waals surface area contributed by atoms with Gasteiger partial charge in [-0.05, 0) is 50.4 Å². The average Bonchev–Trinajstić information content (AvgIpc) is 3.31. The summed E-state index contributed by atoms with van der Waals surface area (Å²) in [4.78, 5) is 2.45. The van der Waals surface area contributed by atoms with Crippen LogP contribution in [0.4, 0.5) is 13.2 Å².